The van der Waals surface area contributed by atoms with Crippen molar-refractivity contribution in [1.29, 1.82) is 0 Å². The number of halogens is 1. The molecule has 118 valence electrons. The lowest BCUT2D eigenvalue weighted by atomic mass is 9.76. The van der Waals surface area contributed by atoms with Crippen molar-refractivity contribution in [2.45, 2.75) is 48.8 Å². The van der Waals surface area contributed by atoms with Gasteiger partial charge in [-0.3, -0.25) is 0 Å². The van der Waals surface area contributed by atoms with Crippen molar-refractivity contribution in [3.63, 3.8) is 0 Å². The topological polar surface area (TPSA) is 72.2 Å². The number of hydrogen-bond donors (Lipinski definition) is 2. The van der Waals surface area contributed by atoms with Gasteiger partial charge in [-0.1, -0.05) is 25.6 Å². The molecule has 1 aliphatic rings. The van der Waals surface area contributed by atoms with Gasteiger partial charge in [0, 0.05) is 0 Å². The van der Waals surface area contributed by atoms with Crippen LogP contribution in [0.5, 0.6) is 0 Å². The normalized spacial score (nSPS) is 26.7. The summed E-state index contributed by atoms with van der Waals surface area (Å²) in [6.07, 6.45) is 4.35. The van der Waals surface area contributed by atoms with Crippen LogP contribution in [0.1, 0.15) is 39.0 Å². The number of nitrogens with one attached hydrogen (secondary N) is 1. The Labute approximate surface area is 143 Å². The fraction of sp³-hybridized carbons (Fsp3) is 0.615. The van der Waals surface area contributed by atoms with Crippen LogP contribution >= 0.6 is 39.5 Å². The van der Waals surface area contributed by atoms with Gasteiger partial charge in [0.15, 0.2) is 0 Å². The van der Waals surface area contributed by atoms with E-state index in [2.05, 4.69) is 27.6 Å². The second-order valence-electron chi connectivity index (χ2n) is 5.46. The van der Waals surface area contributed by atoms with E-state index in [4.69, 9.17) is 18.0 Å². The number of sulfonamides is 1. The average molecular weight is 411 g/mol. The molecule has 4 nitrogen and oxygen atoms in total. The van der Waals surface area contributed by atoms with Crippen LogP contribution in [0, 0.1) is 5.92 Å². The zero-order valence-corrected chi connectivity index (χ0v) is 15.8. The predicted molar refractivity (Wildman–Crippen MR) is 94.1 cm³/mol. The molecule has 1 saturated carbocycles. The predicted octanol–water partition coefficient (Wildman–Crippen LogP) is 3.41. The standard InChI is InChI=1S/C13H19BrN2O2S3/c1-2-9-5-7-13(8-6-9,12(15)19)16-21(17,18)11-4-3-10(14)20-11/h3-4,9,16H,2,5-8H2,1H3,(H2,15,19). The molecule has 0 bridgehead atoms. The first-order chi connectivity index (χ1) is 9.79. The van der Waals surface area contributed by atoms with Crippen molar-refractivity contribution in [3.05, 3.63) is 15.9 Å². The molecule has 0 amide bonds. The van der Waals surface area contributed by atoms with E-state index < -0.39 is 15.6 Å². The first kappa shape index (κ1) is 17.3. The van der Waals surface area contributed by atoms with Crippen LogP contribution in [0.15, 0.2) is 20.1 Å². The second-order valence-corrected chi connectivity index (χ2v) is 10.3. The van der Waals surface area contributed by atoms with Crippen molar-refractivity contribution >= 4 is 54.5 Å². The Balaban J connectivity index is 2.23. The van der Waals surface area contributed by atoms with E-state index in [9.17, 15) is 8.42 Å². The monoisotopic (exact) mass is 410 g/mol. The van der Waals surface area contributed by atoms with Crippen molar-refractivity contribution in [1.82, 2.24) is 4.72 Å². The van der Waals surface area contributed by atoms with E-state index >= 15 is 0 Å². The molecule has 1 fully saturated rings. The highest BCUT2D eigenvalue weighted by molar-refractivity contribution is 9.11. The third kappa shape index (κ3) is 3.85. The lowest BCUT2D eigenvalue weighted by molar-refractivity contribution is 0.269. The molecule has 0 atom stereocenters. The van der Waals surface area contributed by atoms with Crippen LogP contribution < -0.4 is 10.5 Å². The highest BCUT2D eigenvalue weighted by Crippen LogP contribution is 2.36. The first-order valence-corrected chi connectivity index (χ1v) is 10.4. The maximum absolute atomic E-state index is 12.5. The molecule has 3 N–H and O–H groups in total. The average Bonchev–Trinajstić information content (AvgIpc) is 2.86. The van der Waals surface area contributed by atoms with Gasteiger partial charge < -0.3 is 5.73 Å². The van der Waals surface area contributed by atoms with Crippen molar-refractivity contribution in [2.24, 2.45) is 11.7 Å². The van der Waals surface area contributed by atoms with Crippen LogP contribution in [-0.4, -0.2) is 18.9 Å². The lowest BCUT2D eigenvalue weighted by Gasteiger charge is -2.39. The Morgan fingerprint density at radius 2 is 2.14 bits per heavy atom. The van der Waals surface area contributed by atoms with Gasteiger partial charge in [0.2, 0.25) is 0 Å². The van der Waals surface area contributed by atoms with Gasteiger partial charge in [-0.2, -0.15) is 4.72 Å². The molecular weight excluding hydrogens is 392 g/mol. The van der Waals surface area contributed by atoms with Gasteiger partial charge in [0.1, 0.15) is 4.21 Å². The fourth-order valence-corrected chi connectivity index (χ4v) is 6.50. The highest BCUT2D eigenvalue weighted by Gasteiger charge is 2.41. The van der Waals surface area contributed by atoms with Crippen molar-refractivity contribution < 1.29 is 8.42 Å². The Hall–Kier alpha value is -0.0200. The summed E-state index contributed by atoms with van der Waals surface area (Å²) >= 11 is 9.64. The molecule has 0 spiro atoms. The van der Waals surface area contributed by atoms with E-state index in [0.29, 0.717) is 18.8 Å². The van der Waals surface area contributed by atoms with Gasteiger partial charge >= 0.3 is 0 Å². The largest absolute Gasteiger partial charge is 0.392 e. The molecule has 21 heavy (non-hydrogen) atoms. The Morgan fingerprint density at radius 1 is 1.52 bits per heavy atom. The zero-order valence-electron chi connectivity index (χ0n) is 11.8. The Morgan fingerprint density at radius 3 is 2.57 bits per heavy atom. The highest BCUT2D eigenvalue weighted by atomic mass is 79.9. The second kappa shape index (κ2) is 6.62. The van der Waals surface area contributed by atoms with Crippen LogP contribution in [0.2, 0.25) is 0 Å². The summed E-state index contributed by atoms with van der Waals surface area (Å²) in [5, 5.41) is 0. The summed E-state index contributed by atoms with van der Waals surface area (Å²) in [5.41, 5.74) is 5.10. The maximum Gasteiger partial charge on any atom is 0.250 e. The van der Waals surface area contributed by atoms with Crippen LogP contribution in [-0.2, 0) is 10.0 Å². The smallest absolute Gasteiger partial charge is 0.250 e. The van der Waals surface area contributed by atoms with Crippen molar-refractivity contribution in [2.75, 3.05) is 0 Å². The molecule has 0 unspecified atom stereocenters. The first-order valence-electron chi connectivity index (χ1n) is 6.88. The van der Waals surface area contributed by atoms with Gasteiger partial charge in [-0.15, -0.1) is 11.3 Å². The minimum absolute atomic E-state index is 0.247. The molecule has 0 saturated heterocycles. The summed E-state index contributed by atoms with van der Waals surface area (Å²) < 4.78 is 28.9. The van der Waals surface area contributed by atoms with Gasteiger partial charge in [0.25, 0.3) is 10.0 Å². The number of thiocarbonyl (C=S) groups is 1. The van der Waals surface area contributed by atoms with E-state index in [0.717, 1.165) is 23.0 Å². The molecular formula is C13H19BrN2O2S3. The van der Waals surface area contributed by atoms with Crippen LogP contribution in [0.25, 0.3) is 0 Å². The molecule has 1 heterocycles. The maximum atomic E-state index is 12.5. The molecule has 0 aliphatic heterocycles. The summed E-state index contributed by atoms with van der Waals surface area (Å²) in [5.74, 6) is 0.632. The summed E-state index contributed by atoms with van der Waals surface area (Å²) in [6, 6.07) is 3.31. The lowest BCUT2D eigenvalue weighted by Crippen LogP contribution is -2.58. The van der Waals surface area contributed by atoms with E-state index in [-0.39, 0.29) is 9.20 Å². The minimum atomic E-state index is -3.60. The Kier molecular flexibility index (Phi) is 5.46. The molecule has 1 aliphatic carbocycles. The van der Waals surface area contributed by atoms with Gasteiger partial charge in [-0.25, -0.2) is 8.42 Å². The molecule has 0 radical (unpaired) electrons. The van der Waals surface area contributed by atoms with Crippen LogP contribution in [0.4, 0.5) is 0 Å². The molecule has 2 rings (SSSR count). The summed E-state index contributed by atoms with van der Waals surface area (Å²) in [4.78, 5) is 0.247. The fourth-order valence-electron chi connectivity index (χ4n) is 2.73. The minimum Gasteiger partial charge on any atom is -0.392 e. The summed E-state index contributed by atoms with van der Waals surface area (Å²) in [6.45, 7) is 2.16. The van der Waals surface area contributed by atoms with Gasteiger partial charge in [-0.05, 0) is 59.7 Å². The van der Waals surface area contributed by atoms with Crippen LogP contribution in [0.3, 0.4) is 0 Å². The molecule has 0 aromatic carbocycles. The van der Waals surface area contributed by atoms with E-state index in [1.54, 1.807) is 12.1 Å². The molecule has 8 heteroatoms. The van der Waals surface area contributed by atoms with Gasteiger partial charge in [0.05, 0.1) is 14.3 Å². The third-order valence-electron chi connectivity index (χ3n) is 4.15. The molecule has 1 aromatic rings. The zero-order chi connectivity index (χ0) is 15.7. The SMILES string of the molecule is CCC1CCC(NS(=O)(=O)c2ccc(Br)s2)(C(N)=S)CC1. The third-order valence-corrected chi connectivity index (χ3v) is 8.19. The van der Waals surface area contributed by atoms with Crippen molar-refractivity contribution in [3.8, 4) is 0 Å². The number of nitrogens with two attached hydrogens (primary N) is 1. The number of rotatable bonds is 5. The number of thiophene rings is 1. The summed E-state index contributed by atoms with van der Waals surface area (Å²) in [7, 11) is -3.60. The molecule has 1 aromatic heterocycles. The van der Waals surface area contributed by atoms with E-state index in [1.807, 2.05) is 0 Å². The quantitative estimate of drug-likeness (QED) is 0.729. The number of hydrogen-bond acceptors (Lipinski definition) is 4. The van der Waals surface area contributed by atoms with E-state index in [1.165, 1.54) is 11.3 Å². The Bertz CT molecular complexity index is 619.